The Bertz CT molecular complexity index is 317. The van der Waals surface area contributed by atoms with Crippen LogP contribution < -0.4 is 5.73 Å². The summed E-state index contributed by atoms with van der Waals surface area (Å²) in [4.78, 5) is 3.59. The summed E-state index contributed by atoms with van der Waals surface area (Å²) >= 11 is 2.93. The molecular formula is C7H6BrF3N2. The predicted molar refractivity (Wildman–Crippen MR) is 46.2 cm³/mol. The van der Waals surface area contributed by atoms with E-state index >= 15 is 0 Å². The summed E-state index contributed by atoms with van der Waals surface area (Å²) < 4.78 is 37.6. The lowest BCUT2D eigenvalue weighted by Crippen LogP contribution is -2.04. The number of pyridine rings is 1. The maximum absolute atomic E-state index is 13.0. The second kappa shape index (κ2) is 3.95. The molecular weight excluding hydrogens is 249 g/mol. The first-order valence-corrected chi connectivity index (χ1v) is 4.47. The molecule has 72 valence electrons. The fraction of sp³-hybridized carbons (Fsp3) is 0.286. The zero-order chi connectivity index (χ0) is 10.0. The molecule has 13 heavy (non-hydrogen) atoms. The van der Waals surface area contributed by atoms with Gasteiger partial charge in [-0.2, -0.15) is 0 Å². The van der Waals surface area contributed by atoms with E-state index in [9.17, 15) is 13.2 Å². The monoisotopic (exact) mass is 254 g/mol. The van der Waals surface area contributed by atoms with E-state index in [0.717, 1.165) is 6.20 Å². The average Bonchev–Trinajstić information content (AvgIpc) is 2.08. The first kappa shape index (κ1) is 10.3. The van der Waals surface area contributed by atoms with E-state index in [0.29, 0.717) is 0 Å². The van der Waals surface area contributed by atoms with Crippen molar-refractivity contribution in [3.05, 3.63) is 23.3 Å². The number of rotatable bonds is 2. The Labute approximate surface area is 81.1 Å². The lowest BCUT2D eigenvalue weighted by molar-refractivity contribution is 0.145. The molecule has 0 radical (unpaired) electrons. The van der Waals surface area contributed by atoms with Gasteiger partial charge in [0.25, 0.3) is 6.43 Å². The van der Waals surface area contributed by atoms with E-state index in [4.69, 9.17) is 5.73 Å². The van der Waals surface area contributed by atoms with Crippen LogP contribution in [-0.4, -0.2) is 4.98 Å². The SMILES string of the molecule is Nc1cnc(CBr)c(C(F)F)c1F. The van der Waals surface area contributed by atoms with Gasteiger partial charge in [0, 0.05) is 5.33 Å². The number of alkyl halides is 3. The molecule has 1 aromatic rings. The minimum Gasteiger partial charge on any atom is -0.395 e. The van der Waals surface area contributed by atoms with Gasteiger partial charge >= 0.3 is 0 Å². The van der Waals surface area contributed by atoms with Crippen LogP contribution >= 0.6 is 15.9 Å². The standard InChI is InChI=1S/C7H6BrF3N2/c8-1-4-5(7(10)11)6(9)3(12)2-13-4/h2,7H,1,12H2. The van der Waals surface area contributed by atoms with Crippen molar-refractivity contribution in [3.63, 3.8) is 0 Å². The Balaban J connectivity index is 3.32. The number of aromatic nitrogens is 1. The van der Waals surface area contributed by atoms with Crippen molar-refractivity contribution in [1.29, 1.82) is 0 Å². The molecule has 0 bridgehead atoms. The summed E-state index contributed by atoms with van der Waals surface area (Å²) in [5, 5.41) is 0.0733. The fourth-order valence-electron chi connectivity index (χ4n) is 0.884. The van der Waals surface area contributed by atoms with Gasteiger partial charge < -0.3 is 5.73 Å². The second-order valence-electron chi connectivity index (χ2n) is 2.32. The lowest BCUT2D eigenvalue weighted by Gasteiger charge is -2.07. The van der Waals surface area contributed by atoms with Gasteiger partial charge in [0.2, 0.25) is 0 Å². The van der Waals surface area contributed by atoms with E-state index in [1.165, 1.54) is 0 Å². The van der Waals surface area contributed by atoms with Crippen LogP contribution in [0.3, 0.4) is 0 Å². The number of nitrogen functional groups attached to an aromatic ring is 1. The third-order valence-corrected chi connectivity index (χ3v) is 2.04. The smallest absolute Gasteiger partial charge is 0.268 e. The molecule has 0 aliphatic carbocycles. The molecule has 0 amide bonds. The highest BCUT2D eigenvalue weighted by atomic mass is 79.9. The van der Waals surface area contributed by atoms with Crippen LogP contribution in [0.1, 0.15) is 17.7 Å². The van der Waals surface area contributed by atoms with Gasteiger partial charge in [0.1, 0.15) is 0 Å². The first-order valence-electron chi connectivity index (χ1n) is 3.34. The van der Waals surface area contributed by atoms with E-state index in [1.807, 2.05) is 0 Å². The quantitative estimate of drug-likeness (QED) is 0.825. The molecule has 6 heteroatoms. The normalized spacial score (nSPS) is 10.8. The molecule has 0 atom stereocenters. The van der Waals surface area contributed by atoms with E-state index < -0.39 is 17.8 Å². The molecule has 1 heterocycles. The minimum atomic E-state index is -2.90. The topological polar surface area (TPSA) is 38.9 Å². The Hall–Kier alpha value is -0.780. The summed E-state index contributed by atoms with van der Waals surface area (Å²) in [5.74, 6) is -1.08. The molecule has 0 aromatic carbocycles. The zero-order valence-corrected chi connectivity index (χ0v) is 7.98. The van der Waals surface area contributed by atoms with Gasteiger partial charge in [-0.05, 0) is 0 Å². The largest absolute Gasteiger partial charge is 0.395 e. The Morgan fingerprint density at radius 3 is 2.62 bits per heavy atom. The van der Waals surface area contributed by atoms with Crippen LogP contribution in [-0.2, 0) is 5.33 Å². The third kappa shape index (κ3) is 1.93. The molecule has 0 saturated heterocycles. The molecule has 0 saturated carbocycles. The molecule has 0 spiro atoms. The molecule has 1 rings (SSSR count). The fourth-order valence-corrected chi connectivity index (χ4v) is 1.33. The molecule has 0 unspecified atom stereocenters. The predicted octanol–water partition coefficient (Wildman–Crippen LogP) is 2.64. The van der Waals surface area contributed by atoms with Crippen LogP contribution in [0, 0.1) is 5.82 Å². The highest BCUT2D eigenvalue weighted by Crippen LogP contribution is 2.28. The van der Waals surface area contributed by atoms with Gasteiger partial charge in [0.05, 0.1) is 23.1 Å². The van der Waals surface area contributed by atoms with Gasteiger partial charge in [-0.1, -0.05) is 15.9 Å². The third-order valence-electron chi connectivity index (χ3n) is 1.51. The van der Waals surface area contributed by atoms with Crippen LogP contribution in [0.15, 0.2) is 6.20 Å². The average molecular weight is 255 g/mol. The van der Waals surface area contributed by atoms with Crippen LogP contribution in [0.5, 0.6) is 0 Å². The molecule has 2 N–H and O–H groups in total. The first-order chi connectivity index (χ1) is 6.07. The molecule has 0 aliphatic rings. The number of halogens is 4. The van der Waals surface area contributed by atoms with Crippen LogP contribution in [0.2, 0.25) is 0 Å². The minimum absolute atomic E-state index is 0.0262. The summed E-state index contributed by atoms with van der Waals surface area (Å²) in [7, 11) is 0. The molecule has 2 nitrogen and oxygen atoms in total. The summed E-state index contributed by atoms with van der Waals surface area (Å²) in [5.41, 5.74) is 3.98. The number of hydrogen-bond donors (Lipinski definition) is 1. The summed E-state index contributed by atoms with van der Waals surface area (Å²) in [6, 6.07) is 0. The number of hydrogen-bond acceptors (Lipinski definition) is 2. The Kier molecular flexibility index (Phi) is 3.13. The number of nitrogens with two attached hydrogens (primary N) is 1. The van der Waals surface area contributed by atoms with Crippen molar-refractivity contribution in [3.8, 4) is 0 Å². The van der Waals surface area contributed by atoms with Gasteiger partial charge in [-0.25, -0.2) is 13.2 Å². The molecule has 0 fully saturated rings. The van der Waals surface area contributed by atoms with Crippen LogP contribution in [0.4, 0.5) is 18.9 Å². The van der Waals surface area contributed by atoms with Crippen molar-refractivity contribution < 1.29 is 13.2 Å². The van der Waals surface area contributed by atoms with Crippen molar-refractivity contribution in [1.82, 2.24) is 4.98 Å². The van der Waals surface area contributed by atoms with E-state index in [-0.39, 0.29) is 16.7 Å². The van der Waals surface area contributed by atoms with Gasteiger partial charge in [-0.3, -0.25) is 4.98 Å². The lowest BCUT2D eigenvalue weighted by atomic mass is 10.2. The van der Waals surface area contributed by atoms with E-state index in [1.54, 1.807) is 0 Å². The van der Waals surface area contributed by atoms with Crippen molar-refractivity contribution >= 4 is 21.6 Å². The van der Waals surface area contributed by atoms with Gasteiger partial charge in [-0.15, -0.1) is 0 Å². The maximum Gasteiger partial charge on any atom is 0.268 e. The Morgan fingerprint density at radius 2 is 2.15 bits per heavy atom. The molecule has 0 aliphatic heterocycles. The van der Waals surface area contributed by atoms with Crippen molar-refractivity contribution in [2.24, 2.45) is 0 Å². The highest BCUT2D eigenvalue weighted by Gasteiger charge is 2.20. The van der Waals surface area contributed by atoms with Gasteiger partial charge in [0.15, 0.2) is 5.82 Å². The highest BCUT2D eigenvalue weighted by molar-refractivity contribution is 9.08. The van der Waals surface area contributed by atoms with Crippen molar-refractivity contribution in [2.45, 2.75) is 11.8 Å². The zero-order valence-electron chi connectivity index (χ0n) is 6.40. The number of anilines is 1. The summed E-state index contributed by atoms with van der Waals surface area (Å²) in [6.07, 6.45) is -1.87. The number of nitrogens with zero attached hydrogens (tertiary/aromatic N) is 1. The van der Waals surface area contributed by atoms with E-state index in [2.05, 4.69) is 20.9 Å². The van der Waals surface area contributed by atoms with Crippen LogP contribution in [0.25, 0.3) is 0 Å². The summed E-state index contributed by atoms with van der Waals surface area (Å²) in [6.45, 7) is 0. The maximum atomic E-state index is 13.0. The van der Waals surface area contributed by atoms with Crippen molar-refractivity contribution in [2.75, 3.05) is 5.73 Å². The second-order valence-corrected chi connectivity index (χ2v) is 2.88. The Morgan fingerprint density at radius 1 is 1.54 bits per heavy atom. The molecule has 1 aromatic heterocycles.